The Morgan fingerprint density at radius 1 is 1.70 bits per heavy atom. The average Bonchev–Trinajstić information content (AvgIpc) is 1.88. The van der Waals surface area contributed by atoms with Gasteiger partial charge in [0.25, 0.3) is 0 Å². The Balaban J connectivity index is 3.37. The SMILES string of the molecule is C=C(CSC)CN(C)OC. The smallest absolute Gasteiger partial charge is 0.0575 e. The van der Waals surface area contributed by atoms with Crippen molar-refractivity contribution in [3.63, 3.8) is 0 Å². The van der Waals surface area contributed by atoms with Crippen molar-refractivity contribution in [1.29, 1.82) is 0 Å². The number of hydroxylamine groups is 2. The van der Waals surface area contributed by atoms with Gasteiger partial charge in [-0.15, -0.1) is 0 Å². The summed E-state index contributed by atoms with van der Waals surface area (Å²) in [5.41, 5.74) is 1.19. The second-order valence-electron chi connectivity index (χ2n) is 2.15. The molecule has 0 N–H and O–H groups in total. The van der Waals surface area contributed by atoms with E-state index < -0.39 is 0 Å². The number of likely N-dealkylation sites (N-methyl/N-ethyl adjacent to an activating group) is 1. The molecule has 0 saturated heterocycles. The molecule has 0 rings (SSSR count). The highest BCUT2D eigenvalue weighted by atomic mass is 32.2. The van der Waals surface area contributed by atoms with E-state index in [4.69, 9.17) is 4.84 Å². The Bertz CT molecular complexity index is 106. The van der Waals surface area contributed by atoms with Crippen molar-refractivity contribution < 1.29 is 4.84 Å². The minimum absolute atomic E-state index is 0.817. The fourth-order valence-corrected chi connectivity index (χ4v) is 1.13. The molecule has 0 unspecified atom stereocenters. The molecule has 0 aliphatic carbocycles. The van der Waals surface area contributed by atoms with Crippen molar-refractivity contribution in [2.75, 3.05) is 32.7 Å². The van der Waals surface area contributed by atoms with Gasteiger partial charge >= 0.3 is 0 Å². The van der Waals surface area contributed by atoms with E-state index in [-0.39, 0.29) is 0 Å². The molecule has 0 fully saturated rings. The van der Waals surface area contributed by atoms with Gasteiger partial charge in [0.15, 0.2) is 0 Å². The van der Waals surface area contributed by atoms with Crippen molar-refractivity contribution in [2.45, 2.75) is 0 Å². The van der Waals surface area contributed by atoms with Crippen LogP contribution in [0.4, 0.5) is 0 Å². The van der Waals surface area contributed by atoms with E-state index in [0.29, 0.717) is 0 Å². The Morgan fingerprint density at radius 2 is 2.30 bits per heavy atom. The van der Waals surface area contributed by atoms with Crippen LogP contribution in [0, 0.1) is 0 Å². The van der Waals surface area contributed by atoms with E-state index in [0.717, 1.165) is 12.3 Å². The molecule has 0 aromatic heterocycles. The highest BCUT2D eigenvalue weighted by molar-refractivity contribution is 7.98. The first-order valence-corrected chi connectivity index (χ1v) is 4.51. The molecule has 3 heteroatoms. The summed E-state index contributed by atoms with van der Waals surface area (Å²) >= 11 is 1.78. The van der Waals surface area contributed by atoms with Crippen LogP contribution in [0.2, 0.25) is 0 Å². The molecule has 0 aliphatic heterocycles. The summed E-state index contributed by atoms with van der Waals surface area (Å²) in [5.74, 6) is 1.01. The van der Waals surface area contributed by atoms with Crippen molar-refractivity contribution >= 4 is 11.8 Å². The minimum Gasteiger partial charge on any atom is -0.302 e. The van der Waals surface area contributed by atoms with Gasteiger partial charge in [-0.2, -0.15) is 16.8 Å². The predicted molar refractivity (Wildman–Crippen MR) is 47.2 cm³/mol. The first-order valence-electron chi connectivity index (χ1n) is 3.11. The maximum Gasteiger partial charge on any atom is 0.0575 e. The molecular weight excluding hydrogens is 146 g/mol. The van der Waals surface area contributed by atoms with Crippen molar-refractivity contribution in [2.24, 2.45) is 0 Å². The second-order valence-corrected chi connectivity index (χ2v) is 3.02. The van der Waals surface area contributed by atoms with Gasteiger partial charge < -0.3 is 4.84 Å². The summed E-state index contributed by atoms with van der Waals surface area (Å²) in [6.07, 6.45) is 2.07. The topological polar surface area (TPSA) is 12.5 Å². The number of rotatable bonds is 5. The van der Waals surface area contributed by atoms with E-state index >= 15 is 0 Å². The summed E-state index contributed by atoms with van der Waals surface area (Å²) in [6.45, 7) is 4.71. The second kappa shape index (κ2) is 5.77. The van der Waals surface area contributed by atoms with E-state index in [1.807, 2.05) is 7.05 Å². The van der Waals surface area contributed by atoms with Gasteiger partial charge in [0.1, 0.15) is 0 Å². The van der Waals surface area contributed by atoms with Gasteiger partial charge in [-0.1, -0.05) is 12.2 Å². The first-order chi connectivity index (χ1) is 4.70. The van der Waals surface area contributed by atoms with Crippen LogP contribution in [-0.2, 0) is 4.84 Å². The van der Waals surface area contributed by atoms with E-state index in [2.05, 4.69) is 12.8 Å². The lowest BCUT2D eigenvalue weighted by atomic mass is 10.3. The van der Waals surface area contributed by atoms with Crippen LogP contribution in [0.1, 0.15) is 0 Å². The molecule has 0 bridgehead atoms. The van der Waals surface area contributed by atoms with Crippen LogP contribution >= 0.6 is 11.8 Å². The number of hydrogen-bond donors (Lipinski definition) is 0. The zero-order chi connectivity index (χ0) is 7.98. The lowest BCUT2D eigenvalue weighted by Gasteiger charge is -2.13. The van der Waals surface area contributed by atoms with E-state index in [1.54, 1.807) is 23.9 Å². The molecular formula is C7H15NOS. The molecule has 0 atom stereocenters. The van der Waals surface area contributed by atoms with Crippen molar-refractivity contribution in [3.05, 3.63) is 12.2 Å². The maximum atomic E-state index is 4.93. The summed E-state index contributed by atoms with van der Waals surface area (Å²) in [5, 5.41) is 1.76. The van der Waals surface area contributed by atoms with Gasteiger partial charge in [0.05, 0.1) is 7.11 Å². The van der Waals surface area contributed by atoms with E-state index in [1.165, 1.54) is 5.57 Å². The molecule has 2 nitrogen and oxygen atoms in total. The minimum atomic E-state index is 0.817. The monoisotopic (exact) mass is 161 g/mol. The molecule has 0 radical (unpaired) electrons. The van der Waals surface area contributed by atoms with Crippen LogP contribution in [-0.4, -0.2) is 37.8 Å². The normalized spacial score (nSPS) is 10.4. The lowest BCUT2D eigenvalue weighted by molar-refractivity contribution is -0.101. The van der Waals surface area contributed by atoms with Crippen LogP contribution < -0.4 is 0 Å². The Morgan fingerprint density at radius 3 is 2.70 bits per heavy atom. The predicted octanol–water partition coefficient (Wildman–Crippen LogP) is 1.40. The molecule has 0 aliphatic rings. The molecule has 0 spiro atoms. The Hall–Kier alpha value is 0.01000. The summed E-state index contributed by atoms with van der Waals surface area (Å²) in [4.78, 5) is 4.93. The van der Waals surface area contributed by atoms with Crippen molar-refractivity contribution in [3.8, 4) is 0 Å². The Kier molecular flexibility index (Phi) is 5.78. The molecule has 60 valence electrons. The largest absolute Gasteiger partial charge is 0.302 e. The molecule has 0 heterocycles. The number of thioether (sulfide) groups is 1. The van der Waals surface area contributed by atoms with Gasteiger partial charge in [-0.3, -0.25) is 0 Å². The fourth-order valence-electron chi connectivity index (χ4n) is 0.629. The molecule has 0 aromatic rings. The zero-order valence-corrected chi connectivity index (χ0v) is 7.70. The summed E-state index contributed by atoms with van der Waals surface area (Å²) < 4.78 is 0. The van der Waals surface area contributed by atoms with E-state index in [9.17, 15) is 0 Å². The number of hydrogen-bond acceptors (Lipinski definition) is 3. The third kappa shape index (κ3) is 4.85. The van der Waals surface area contributed by atoms with Crippen LogP contribution in [0.3, 0.4) is 0 Å². The molecule has 0 aromatic carbocycles. The highest BCUT2D eigenvalue weighted by Crippen LogP contribution is 2.02. The van der Waals surface area contributed by atoms with Crippen LogP contribution in [0.5, 0.6) is 0 Å². The first kappa shape index (κ1) is 10.0. The van der Waals surface area contributed by atoms with Crippen LogP contribution in [0.25, 0.3) is 0 Å². The Labute approximate surface area is 67.2 Å². The molecule has 0 amide bonds. The van der Waals surface area contributed by atoms with Crippen LogP contribution in [0.15, 0.2) is 12.2 Å². The van der Waals surface area contributed by atoms with Gasteiger partial charge in [-0.05, 0) is 6.26 Å². The number of nitrogens with zero attached hydrogens (tertiary/aromatic N) is 1. The summed E-state index contributed by atoms with van der Waals surface area (Å²) in [6, 6.07) is 0. The van der Waals surface area contributed by atoms with Crippen molar-refractivity contribution in [1.82, 2.24) is 5.06 Å². The van der Waals surface area contributed by atoms with Gasteiger partial charge in [-0.25, -0.2) is 0 Å². The maximum absolute atomic E-state index is 4.93. The third-order valence-corrected chi connectivity index (χ3v) is 1.80. The quantitative estimate of drug-likeness (QED) is 0.447. The third-order valence-electron chi connectivity index (χ3n) is 1.11. The fraction of sp³-hybridized carbons (Fsp3) is 0.714. The highest BCUT2D eigenvalue weighted by Gasteiger charge is 1.97. The molecule has 0 saturated carbocycles. The van der Waals surface area contributed by atoms with Gasteiger partial charge in [0.2, 0.25) is 0 Å². The zero-order valence-electron chi connectivity index (χ0n) is 6.89. The lowest BCUT2D eigenvalue weighted by Crippen LogP contribution is -2.19. The average molecular weight is 161 g/mol. The standard InChI is InChI=1S/C7H15NOS/c1-7(6-10-4)5-8(2)9-3/h1,5-6H2,2-4H3. The van der Waals surface area contributed by atoms with Gasteiger partial charge in [0, 0.05) is 19.3 Å². The molecule has 10 heavy (non-hydrogen) atoms. The summed E-state index contributed by atoms with van der Waals surface area (Å²) in [7, 11) is 3.55.